The molecule has 0 saturated carbocycles. The zero-order chi connectivity index (χ0) is 13.1. The van der Waals surface area contributed by atoms with Crippen LogP contribution in [0.5, 0.6) is 0 Å². The summed E-state index contributed by atoms with van der Waals surface area (Å²) in [6.45, 7) is 7.86. The molecule has 1 fully saturated rings. The van der Waals surface area contributed by atoms with Crippen LogP contribution in [0.25, 0.3) is 0 Å². The van der Waals surface area contributed by atoms with Gasteiger partial charge < -0.3 is 10.6 Å². The van der Waals surface area contributed by atoms with E-state index in [1.54, 1.807) is 0 Å². The fourth-order valence-corrected chi connectivity index (χ4v) is 3.13. The zero-order valence-corrected chi connectivity index (χ0v) is 11.8. The van der Waals surface area contributed by atoms with Crippen molar-refractivity contribution in [1.82, 2.24) is 4.90 Å². The highest BCUT2D eigenvalue weighted by molar-refractivity contribution is 5.71. The van der Waals surface area contributed by atoms with Crippen molar-refractivity contribution < 1.29 is 0 Å². The number of anilines is 2. The molecule has 1 aromatic carbocycles. The minimum atomic E-state index is 0.680. The third-order valence-electron chi connectivity index (χ3n) is 4.04. The molecule has 1 aromatic rings. The highest BCUT2D eigenvalue weighted by Gasteiger charge is 2.24. The lowest BCUT2D eigenvalue weighted by Gasteiger charge is -2.30. The largest absolute Gasteiger partial charge is 0.397 e. The second-order valence-electron chi connectivity index (χ2n) is 5.32. The van der Waals surface area contributed by atoms with Crippen LogP contribution in [0, 0.1) is 6.92 Å². The molecular weight excluding hydrogens is 222 g/mol. The minimum absolute atomic E-state index is 0.680. The lowest BCUT2D eigenvalue weighted by molar-refractivity contribution is 0.270. The number of hydrogen-bond acceptors (Lipinski definition) is 3. The highest BCUT2D eigenvalue weighted by atomic mass is 15.2. The van der Waals surface area contributed by atoms with Crippen LogP contribution in [0.15, 0.2) is 18.2 Å². The lowest BCUT2D eigenvalue weighted by Crippen LogP contribution is -2.39. The fourth-order valence-electron chi connectivity index (χ4n) is 3.13. The molecule has 0 spiro atoms. The Morgan fingerprint density at radius 1 is 1.44 bits per heavy atom. The second-order valence-corrected chi connectivity index (χ2v) is 5.32. The molecule has 1 saturated heterocycles. The number of hydrogen-bond donors (Lipinski definition) is 1. The Bertz CT molecular complexity index is 382. The third-order valence-corrected chi connectivity index (χ3v) is 4.04. The SMILES string of the molecule is CCN1CCCC1CN(C)c1c(C)cccc1N. The number of para-hydroxylation sites is 1. The Morgan fingerprint density at radius 2 is 2.22 bits per heavy atom. The second kappa shape index (κ2) is 5.61. The van der Waals surface area contributed by atoms with E-state index >= 15 is 0 Å². The molecule has 18 heavy (non-hydrogen) atoms. The normalized spacial score (nSPS) is 20.3. The summed E-state index contributed by atoms with van der Waals surface area (Å²) in [6.07, 6.45) is 2.64. The molecule has 2 N–H and O–H groups in total. The van der Waals surface area contributed by atoms with Crippen LogP contribution >= 0.6 is 0 Å². The first-order valence-electron chi connectivity index (χ1n) is 6.93. The average Bonchev–Trinajstić information content (AvgIpc) is 2.76. The number of likely N-dealkylation sites (N-methyl/N-ethyl adjacent to an activating group) is 2. The van der Waals surface area contributed by atoms with Gasteiger partial charge in [-0.05, 0) is 44.5 Å². The van der Waals surface area contributed by atoms with Gasteiger partial charge in [0.15, 0.2) is 0 Å². The highest BCUT2D eigenvalue weighted by Crippen LogP contribution is 2.28. The first kappa shape index (κ1) is 13.2. The first-order chi connectivity index (χ1) is 8.63. The number of benzene rings is 1. The third kappa shape index (κ3) is 2.61. The average molecular weight is 247 g/mol. The molecule has 1 aliphatic heterocycles. The summed E-state index contributed by atoms with van der Waals surface area (Å²) in [4.78, 5) is 4.90. The maximum absolute atomic E-state index is 6.11. The van der Waals surface area contributed by atoms with Gasteiger partial charge >= 0.3 is 0 Å². The van der Waals surface area contributed by atoms with Gasteiger partial charge in [-0.1, -0.05) is 19.1 Å². The summed E-state index contributed by atoms with van der Waals surface area (Å²) < 4.78 is 0. The van der Waals surface area contributed by atoms with E-state index < -0.39 is 0 Å². The van der Waals surface area contributed by atoms with Crippen molar-refractivity contribution in [3.05, 3.63) is 23.8 Å². The minimum Gasteiger partial charge on any atom is -0.397 e. The number of nitrogens with two attached hydrogens (primary N) is 1. The van der Waals surface area contributed by atoms with E-state index in [0.717, 1.165) is 18.8 Å². The van der Waals surface area contributed by atoms with Crippen LogP contribution in [0.1, 0.15) is 25.3 Å². The van der Waals surface area contributed by atoms with Crippen LogP contribution < -0.4 is 10.6 Å². The summed E-state index contributed by atoms with van der Waals surface area (Å²) in [5.41, 5.74) is 9.45. The monoisotopic (exact) mass is 247 g/mol. The summed E-state index contributed by atoms with van der Waals surface area (Å²) in [5, 5.41) is 0. The molecule has 100 valence electrons. The first-order valence-corrected chi connectivity index (χ1v) is 6.93. The molecule has 0 aromatic heterocycles. The number of nitrogen functional groups attached to an aromatic ring is 1. The van der Waals surface area contributed by atoms with Gasteiger partial charge in [0.05, 0.1) is 11.4 Å². The van der Waals surface area contributed by atoms with E-state index in [2.05, 4.69) is 36.8 Å². The van der Waals surface area contributed by atoms with E-state index in [9.17, 15) is 0 Å². The Morgan fingerprint density at radius 3 is 2.89 bits per heavy atom. The number of likely N-dealkylation sites (tertiary alicyclic amines) is 1. The smallest absolute Gasteiger partial charge is 0.0627 e. The maximum atomic E-state index is 6.11. The number of aryl methyl sites for hydroxylation is 1. The van der Waals surface area contributed by atoms with E-state index in [-0.39, 0.29) is 0 Å². The quantitative estimate of drug-likeness (QED) is 0.830. The van der Waals surface area contributed by atoms with Crippen LogP contribution in [-0.4, -0.2) is 37.6 Å². The zero-order valence-electron chi connectivity index (χ0n) is 11.8. The summed E-state index contributed by atoms with van der Waals surface area (Å²) in [5.74, 6) is 0. The molecule has 2 rings (SSSR count). The van der Waals surface area contributed by atoms with Gasteiger partial charge in [-0.3, -0.25) is 4.90 Å². The van der Waals surface area contributed by atoms with Gasteiger partial charge in [0.25, 0.3) is 0 Å². The van der Waals surface area contributed by atoms with Crippen molar-refractivity contribution in [2.75, 3.05) is 37.3 Å². The van der Waals surface area contributed by atoms with Gasteiger partial charge in [0, 0.05) is 19.6 Å². The molecule has 0 bridgehead atoms. The molecule has 3 nitrogen and oxygen atoms in total. The predicted molar refractivity (Wildman–Crippen MR) is 79.1 cm³/mol. The van der Waals surface area contributed by atoms with Crippen LogP contribution in [0.3, 0.4) is 0 Å². The van der Waals surface area contributed by atoms with E-state index in [4.69, 9.17) is 5.73 Å². The van der Waals surface area contributed by atoms with E-state index in [1.165, 1.54) is 30.6 Å². The van der Waals surface area contributed by atoms with Crippen LogP contribution in [0.4, 0.5) is 11.4 Å². The summed E-state index contributed by atoms with van der Waals surface area (Å²) >= 11 is 0. The molecule has 3 heteroatoms. The molecular formula is C15H25N3. The number of nitrogens with zero attached hydrogens (tertiary/aromatic N) is 2. The van der Waals surface area contributed by atoms with Crippen LogP contribution in [-0.2, 0) is 0 Å². The van der Waals surface area contributed by atoms with Crippen molar-refractivity contribution in [1.29, 1.82) is 0 Å². The van der Waals surface area contributed by atoms with Crippen molar-refractivity contribution in [2.45, 2.75) is 32.7 Å². The topological polar surface area (TPSA) is 32.5 Å². The van der Waals surface area contributed by atoms with E-state index in [1.807, 2.05) is 12.1 Å². The Labute approximate surface area is 111 Å². The Balaban J connectivity index is 2.10. The molecule has 0 radical (unpaired) electrons. The van der Waals surface area contributed by atoms with Gasteiger partial charge in [-0.2, -0.15) is 0 Å². The van der Waals surface area contributed by atoms with Crippen LogP contribution in [0.2, 0.25) is 0 Å². The van der Waals surface area contributed by atoms with Crippen molar-refractivity contribution in [3.8, 4) is 0 Å². The van der Waals surface area contributed by atoms with Gasteiger partial charge in [0.1, 0.15) is 0 Å². The van der Waals surface area contributed by atoms with E-state index in [0.29, 0.717) is 6.04 Å². The molecule has 0 aliphatic carbocycles. The molecule has 1 heterocycles. The van der Waals surface area contributed by atoms with Gasteiger partial charge in [0.2, 0.25) is 0 Å². The van der Waals surface area contributed by atoms with Gasteiger partial charge in [-0.25, -0.2) is 0 Å². The fraction of sp³-hybridized carbons (Fsp3) is 0.600. The van der Waals surface area contributed by atoms with Crippen molar-refractivity contribution >= 4 is 11.4 Å². The predicted octanol–water partition coefficient (Wildman–Crippen LogP) is 2.50. The molecule has 1 atom stereocenters. The Kier molecular flexibility index (Phi) is 4.12. The molecule has 0 amide bonds. The summed E-state index contributed by atoms with van der Waals surface area (Å²) in [7, 11) is 2.16. The Hall–Kier alpha value is -1.22. The van der Waals surface area contributed by atoms with Crippen molar-refractivity contribution in [2.24, 2.45) is 0 Å². The van der Waals surface area contributed by atoms with Crippen molar-refractivity contribution in [3.63, 3.8) is 0 Å². The summed E-state index contributed by atoms with van der Waals surface area (Å²) in [6, 6.07) is 6.83. The standard InChI is InChI=1S/C15H25N3/c1-4-18-10-6-8-13(18)11-17(3)15-12(2)7-5-9-14(15)16/h5,7,9,13H,4,6,8,10-11,16H2,1-3H3. The van der Waals surface area contributed by atoms with Gasteiger partial charge in [-0.15, -0.1) is 0 Å². The number of rotatable bonds is 4. The molecule has 1 unspecified atom stereocenters. The lowest BCUT2D eigenvalue weighted by atomic mass is 10.1. The maximum Gasteiger partial charge on any atom is 0.0627 e. The molecule has 1 aliphatic rings.